The van der Waals surface area contributed by atoms with E-state index in [1.807, 2.05) is 11.8 Å². The van der Waals surface area contributed by atoms with Crippen LogP contribution in [0.3, 0.4) is 0 Å². The lowest BCUT2D eigenvalue weighted by Crippen LogP contribution is -2.25. The van der Waals surface area contributed by atoms with E-state index in [4.69, 9.17) is 5.73 Å². The van der Waals surface area contributed by atoms with Crippen molar-refractivity contribution in [3.05, 3.63) is 15.9 Å². The van der Waals surface area contributed by atoms with Crippen molar-refractivity contribution in [1.82, 2.24) is 9.78 Å². The van der Waals surface area contributed by atoms with Gasteiger partial charge in [0.15, 0.2) is 0 Å². The summed E-state index contributed by atoms with van der Waals surface area (Å²) in [6.45, 7) is 5.16. The number of hydrogen-bond donors (Lipinski definition) is 1. The molecule has 1 atom stereocenters. The second-order valence-electron chi connectivity index (χ2n) is 4.12. The molecule has 0 spiro atoms. The van der Waals surface area contributed by atoms with Crippen LogP contribution in [0.25, 0.3) is 0 Å². The van der Waals surface area contributed by atoms with Crippen molar-refractivity contribution in [2.75, 3.05) is 12.0 Å². The number of nitrogens with zero attached hydrogens (tertiary/aromatic N) is 2. The Labute approximate surface area is 117 Å². The van der Waals surface area contributed by atoms with Gasteiger partial charge in [0.05, 0.1) is 15.9 Å². The zero-order chi connectivity index (χ0) is 12.8. The van der Waals surface area contributed by atoms with E-state index in [9.17, 15) is 0 Å². The van der Waals surface area contributed by atoms with Crippen molar-refractivity contribution in [2.45, 2.75) is 45.7 Å². The first-order valence-corrected chi connectivity index (χ1v) is 8.31. The number of aryl methyl sites for hydroxylation is 2. The third kappa shape index (κ3) is 4.00. The maximum Gasteiger partial charge on any atom is 0.0766 e. The van der Waals surface area contributed by atoms with Crippen LogP contribution in [0.4, 0.5) is 0 Å². The van der Waals surface area contributed by atoms with Crippen LogP contribution in [0, 0.1) is 0 Å². The predicted octanol–water partition coefficient (Wildman–Crippen LogP) is 2.85. The largest absolute Gasteiger partial charge is 0.327 e. The molecule has 2 N–H and O–H groups in total. The molecule has 0 aromatic carbocycles. The highest BCUT2D eigenvalue weighted by atomic mass is 79.9. The van der Waals surface area contributed by atoms with Crippen molar-refractivity contribution < 1.29 is 0 Å². The summed E-state index contributed by atoms with van der Waals surface area (Å²) in [5.74, 6) is 1.12. The molecule has 3 nitrogen and oxygen atoms in total. The van der Waals surface area contributed by atoms with E-state index in [1.165, 1.54) is 5.69 Å². The lowest BCUT2D eigenvalue weighted by molar-refractivity contribution is 0.568. The molecule has 0 saturated heterocycles. The highest BCUT2D eigenvalue weighted by Crippen LogP contribution is 2.23. The molecule has 0 amide bonds. The van der Waals surface area contributed by atoms with E-state index in [2.05, 4.69) is 45.8 Å². The minimum Gasteiger partial charge on any atom is -0.327 e. The van der Waals surface area contributed by atoms with Gasteiger partial charge < -0.3 is 5.73 Å². The molecular formula is C12H22BrN3S. The van der Waals surface area contributed by atoms with E-state index in [-0.39, 0.29) is 6.04 Å². The number of hydrogen-bond acceptors (Lipinski definition) is 3. The van der Waals surface area contributed by atoms with Gasteiger partial charge in [0.2, 0.25) is 0 Å². The van der Waals surface area contributed by atoms with Gasteiger partial charge in [-0.15, -0.1) is 0 Å². The molecule has 1 aromatic rings. The summed E-state index contributed by atoms with van der Waals surface area (Å²) in [7, 11) is 0. The molecule has 17 heavy (non-hydrogen) atoms. The van der Waals surface area contributed by atoms with Crippen LogP contribution in [0.5, 0.6) is 0 Å². The molecule has 5 heteroatoms. The van der Waals surface area contributed by atoms with Gasteiger partial charge in [0.25, 0.3) is 0 Å². The smallest absolute Gasteiger partial charge is 0.0766 e. The summed E-state index contributed by atoms with van der Waals surface area (Å²) < 4.78 is 3.23. The number of halogens is 1. The van der Waals surface area contributed by atoms with Crippen LogP contribution in [-0.4, -0.2) is 27.8 Å². The van der Waals surface area contributed by atoms with Gasteiger partial charge in [-0.2, -0.15) is 16.9 Å². The zero-order valence-electron chi connectivity index (χ0n) is 10.9. The second-order valence-corrected chi connectivity index (χ2v) is 5.90. The van der Waals surface area contributed by atoms with Gasteiger partial charge in [0, 0.05) is 19.0 Å². The number of aromatic nitrogens is 2. The number of nitrogens with two attached hydrogens (primary N) is 1. The lowest BCUT2D eigenvalue weighted by atomic mass is 10.1. The molecule has 1 aromatic heterocycles. The molecule has 0 aliphatic rings. The summed E-state index contributed by atoms with van der Waals surface area (Å²) in [5, 5.41) is 4.59. The topological polar surface area (TPSA) is 43.8 Å². The van der Waals surface area contributed by atoms with Gasteiger partial charge in [-0.05, 0) is 47.7 Å². The first kappa shape index (κ1) is 15.1. The molecular weight excluding hydrogens is 298 g/mol. The van der Waals surface area contributed by atoms with Crippen LogP contribution in [-0.2, 0) is 19.4 Å². The van der Waals surface area contributed by atoms with E-state index in [1.54, 1.807) is 0 Å². The Morgan fingerprint density at radius 2 is 2.18 bits per heavy atom. The van der Waals surface area contributed by atoms with Gasteiger partial charge in [0.1, 0.15) is 0 Å². The first-order chi connectivity index (χ1) is 8.13. The lowest BCUT2D eigenvalue weighted by Gasteiger charge is -2.12. The monoisotopic (exact) mass is 319 g/mol. The van der Waals surface area contributed by atoms with Crippen molar-refractivity contribution in [3.63, 3.8) is 0 Å². The Bertz CT molecular complexity index is 352. The van der Waals surface area contributed by atoms with Crippen LogP contribution in [0.1, 0.15) is 31.7 Å². The fourth-order valence-corrected chi connectivity index (χ4v) is 3.10. The Kier molecular flexibility index (Phi) is 6.59. The highest BCUT2D eigenvalue weighted by Gasteiger charge is 2.16. The Balaban J connectivity index is 2.78. The van der Waals surface area contributed by atoms with Crippen molar-refractivity contribution in [2.24, 2.45) is 5.73 Å². The Hall–Kier alpha value is -0.000000000000000111. The second kappa shape index (κ2) is 7.44. The fourth-order valence-electron chi connectivity index (χ4n) is 1.83. The number of rotatable bonds is 7. The summed E-state index contributed by atoms with van der Waals surface area (Å²) in [6, 6.07) is 0.227. The molecule has 1 unspecified atom stereocenters. The van der Waals surface area contributed by atoms with E-state index < -0.39 is 0 Å². The molecule has 0 fully saturated rings. The summed E-state index contributed by atoms with van der Waals surface area (Å²) in [4.78, 5) is 0. The fraction of sp³-hybridized carbons (Fsp3) is 0.750. The van der Waals surface area contributed by atoms with Crippen LogP contribution in [0.2, 0.25) is 0 Å². The normalized spacial score (nSPS) is 13.0. The predicted molar refractivity (Wildman–Crippen MR) is 79.7 cm³/mol. The third-order valence-corrected chi connectivity index (χ3v) is 4.40. The molecule has 98 valence electrons. The number of thioether (sulfide) groups is 1. The quantitative estimate of drug-likeness (QED) is 0.840. The Morgan fingerprint density at radius 1 is 1.47 bits per heavy atom. The minimum absolute atomic E-state index is 0.227. The summed E-state index contributed by atoms with van der Waals surface area (Å²) in [6.07, 6.45) is 5.04. The van der Waals surface area contributed by atoms with Crippen LogP contribution >= 0.6 is 27.7 Å². The third-order valence-electron chi connectivity index (χ3n) is 2.84. The van der Waals surface area contributed by atoms with Crippen molar-refractivity contribution in [3.8, 4) is 0 Å². The maximum atomic E-state index is 6.16. The van der Waals surface area contributed by atoms with Crippen LogP contribution in [0.15, 0.2) is 4.47 Å². The van der Waals surface area contributed by atoms with Gasteiger partial charge >= 0.3 is 0 Å². The van der Waals surface area contributed by atoms with Gasteiger partial charge in [-0.1, -0.05) is 6.92 Å². The van der Waals surface area contributed by atoms with Crippen molar-refractivity contribution >= 4 is 27.7 Å². The maximum absolute atomic E-state index is 6.16. The average molecular weight is 320 g/mol. The first-order valence-electron chi connectivity index (χ1n) is 6.12. The standard InChI is InChI=1S/C12H22BrN3S/c1-4-10-12(13)11(16(5-2)15-10)8-9(14)6-7-17-3/h9H,4-8,14H2,1-3H3. The molecule has 0 saturated carbocycles. The molecule has 0 aliphatic heterocycles. The van der Waals surface area contributed by atoms with Gasteiger partial charge in [-0.3, -0.25) is 4.68 Å². The molecule has 0 radical (unpaired) electrons. The van der Waals surface area contributed by atoms with Crippen molar-refractivity contribution in [1.29, 1.82) is 0 Å². The summed E-state index contributed by atoms with van der Waals surface area (Å²) in [5.41, 5.74) is 8.55. The zero-order valence-corrected chi connectivity index (χ0v) is 13.3. The van der Waals surface area contributed by atoms with E-state index >= 15 is 0 Å². The van der Waals surface area contributed by atoms with E-state index in [0.717, 1.165) is 41.7 Å². The SMILES string of the molecule is CCc1nn(CC)c(CC(N)CCSC)c1Br. The van der Waals surface area contributed by atoms with E-state index in [0.29, 0.717) is 0 Å². The average Bonchev–Trinajstić information content (AvgIpc) is 2.63. The minimum atomic E-state index is 0.227. The van der Waals surface area contributed by atoms with Crippen LogP contribution < -0.4 is 5.73 Å². The molecule has 1 heterocycles. The molecule has 1 rings (SSSR count). The Morgan fingerprint density at radius 3 is 2.71 bits per heavy atom. The van der Waals surface area contributed by atoms with Gasteiger partial charge in [-0.25, -0.2) is 0 Å². The molecule has 0 bridgehead atoms. The summed E-state index contributed by atoms with van der Waals surface area (Å²) >= 11 is 5.51. The molecule has 0 aliphatic carbocycles. The highest BCUT2D eigenvalue weighted by molar-refractivity contribution is 9.10.